The van der Waals surface area contributed by atoms with Crippen LogP contribution >= 0.6 is 0 Å². The van der Waals surface area contributed by atoms with E-state index in [0.29, 0.717) is 17.8 Å². The first-order valence-corrected chi connectivity index (χ1v) is 3.19. The van der Waals surface area contributed by atoms with Crippen LogP contribution in [-0.4, -0.2) is 12.3 Å². The second-order valence-electron chi connectivity index (χ2n) is 1.87. The van der Waals surface area contributed by atoms with E-state index in [2.05, 4.69) is 14.6 Å². The predicted molar refractivity (Wildman–Crippen MR) is 33.3 cm³/mol. The smallest absolute Gasteiger partial charge is 0.305 e. The van der Waals surface area contributed by atoms with Gasteiger partial charge in [-0.3, -0.25) is 0 Å². The van der Waals surface area contributed by atoms with Crippen LogP contribution in [0.2, 0.25) is 0 Å². The van der Waals surface area contributed by atoms with Crippen LogP contribution in [-0.2, 0) is 6.42 Å². The number of rotatable bonds is 2. The molecule has 5 heteroatoms. The van der Waals surface area contributed by atoms with Gasteiger partial charge in [0.2, 0.25) is 0 Å². The molecular formula is C6H8N3O2+. The third-order valence-electron chi connectivity index (χ3n) is 1.29. The molecule has 0 saturated carbocycles. The average molecular weight is 154 g/mol. The van der Waals surface area contributed by atoms with E-state index in [1.54, 1.807) is 0 Å². The summed E-state index contributed by atoms with van der Waals surface area (Å²) >= 11 is 0. The maximum absolute atomic E-state index is 8.60. The number of aromatic nitrogens is 2. The third-order valence-corrected chi connectivity index (χ3v) is 1.29. The molecule has 0 N–H and O–H groups in total. The standard InChI is InChI=1S/C6H8N3O2/c1-3-5-6(4-7)9(10-2)11-8-5/h3H2,1-2H3/q+1. The summed E-state index contributed by atoms with van der Waals surface area (Å²) in [5.74, 6) is 0. The quantitative estimate of drug-likeness (QED) is 0.573. The van der Waals surface area contributed by atoms with Crippen molar-refractivity contribution in [2.24, 2.45) is 0 Å². The minimum atomic E-state index is 0.315. The van der Waals surface area contributed by atoms with Gasteiger partial charge < -0.3 is 4.84 Å². The molecule has 1 aromatic heterocycles. The van der Waals surface area contributed by atoms with Crippen molar-refractivity contribution in [1.82, 2.24) is 5.16 Å². The van der Waals surface area contributed by atoms with E-state index in [1.165, 1.54) is 7.11 Å². The van der Waals surface area contributed by atoms with Crippen molar-refractivity contribution in [3.63, 3.8) is 0 Å². The highest BCUT2D eigenvalue weighted by Gasteiger charge is 2.23. The van der Waals surface area contributed by atoms with E-state index in [9.17, 15) is 0 Å². The largest absolute Gasteiger partial charge is 0.344 e. The number of nitriles is 1. The number of hydrogen-bond acceptors (Lipinski definition) is 4. The fourth-order valence-corrected chi connectivity index (χ4v) is 0.738. The lowest BCUT2D eigenvalue weighted by Gasteiger charge is -1.82. The second kappa shape index (κ2) is 3.01. The van der Waals surface area contributed by atoms with Crippen LogP contribution in [0.25, 0.3) is 0 Å². The van der Waals surface area contributed by atoms with Crippen molar-refractivity contribution in [1.29, 1.82) is 5.26 Å². The Kier molecular flexibility index (Phi) is 2.06. The van der Waals surface area contributed by atoms with Gasteiger partial charge in [0, 0.05) is 6.42 Å². The van der Waals surface area contributed by atoms with Crippen LogP contribution < -0.4 is 9.74 Å². The Labute approximate surface area is 63.7 Å². The molecule has 0 aliphatic heterocycles. The Hall–Kier alpha value is -1.57. The molecule has 0 aromatic carbocycles. The minimum Gasteiger partial charge on any atom is -0.305 e. The minimum absolute atomic E-state index is 0.315. The van der Waals surface area contributed by atoms with E-state index in [0.717, 1.165) is 4.90 Å². The molecule has 0 amide bonds. The van der Waals surface area contributed by atoms with E-state index in [-0.39, 0.29) is 0 Å². The molecule has 0 fully saturated rings. The van der Waals surface area contributed by atoms with Gasteiger partial charge in [-0.15, -0.1) is 0 Å². The Balaban J connectivity index is 3.12. The molecule has 5 nitrogen and oxygen atoms in total. The van der Waals surface area contributed by atoms with Gasteiger partial charge in [-0.25, -0.2) is 0 Å². The first-order valence-electron chi connectivity index (χ1n) is 3.19. The fourth-order valence-electron chi connectivity index (χ4n) is 0.738. The van der Waals surface area contributed by atoms with Crippen molar-refractivity contribution < 1.29 is 14.4 Å². The van der Waals surface area contributed by atoms with Gasteiger partial charge in [-0.2, -0.15) is 5.26 Å². The highest BCUT2D eigenvalue weighted by atomic mass is 16.8. The lowest BCUT2D eigenvalue weighted by molar-refractivity contribution is -1.02. The molecular weight excluding hydrogens is 146 g/mol. The monoisotopic (exact) mass is 154 g/mol. The van der Waals surface area contributed by atoms with Gasteiger partial charge >= 0.3 is 5.69 Å². The molecule has 0 saturated heterocycles. The molecule has 58 valence electrons. The van der Waals surface area contributed by atoms with Crippen LogP contribution in [0.15, 0.2) is 4.63 Å². The summed E-state index contributed by atoms with van der Waals surface area (Å²) in [6.07, 6.45) is 0.656. The van der Waals surface area contributed by atoms with Gasteiger partial charge in [0.15, 0.2) is 11.2 Å². The normalized spacial score (nSPS) is 9.18. The van der Waals surface area contributed by atoms with Crippen LogP contribution in [0.4, 0.5) is 0 Å². The van der Waals surface area contributed by atoms with E-state index < -0.39 is 0 Å². The first-order chi connectivity index (χ1) is 5.33. The fraction of sp³-hybridized carbons (Fsp3) is 0.500. The van der Waals surface area contributed by atoms with Crippen molar-refractivity contribution in [3.05, 3.63) is 11.4 Å². The zero-order valence-electron chi connectivity index (χ0n) is 6.37. The van der Waals surface area contributed by atoms with Crippen LogP contribution in [0.3, 0.4) is 0 Å². The topological polar surface area (TPSA) is 62.9 Å². The molecule has 1 aromatic rings. The highest BCUT2D eigenvalue weighted by Crippen LogP contribution is 1.97. The van der Waals surface area contributed by atoms with Crippen molar-refractivity contribution in [3.8, 4) is 6.07 Å². The lowest BCUT2D eigenvalue weighted by atomic mass is 10.3. The SMILES string of the molecule is CCc1no[n+](OC)c1C#N. The Morgan fingerprint density at radius 3 is 3.00 bits per heavy atom. The van der Waals surface area contributed by atoms with E-state index in [4.69, 9.17) is 5.26 Å². The van der Waals surface area contributed by atoms with Crippen molar-refractivity contribution in [2.45, 2.75) is 13.3 Å². The first kappa shape index (κ1) is 7.54. The van der Waals surface area contributed by atoms with Crippen LogP contribution in [0, 0.1) is 11.3 Å². The van der Waals surface area contributed by atoms with Gasteiger partial charge in [0.1, 0.15) is 12.0 Å². The Morgan fingerprint density at radius 2 is 2.55 bits per heavy atom. The summed E-state index contributed by atoms with van der Waals surface area (Å²) in [5, 5.41) is 12.2. The summed E-state index contributed by atoms with van der Waals surface area (Å²) in [6.45, 7) is 1.89. The van der Waals surface area contributed by atoms with E-state index >= 15 is 0 Å². The molecule has 1 rings (SSSR count). The molecule has 0 unspecified atom stereocenters. The third kappa shape index (κ3) is 1.15. The Bertz CT molecular complexity index is 265. The van der Waals surface area contributed by atoms with Crippen LogP contribution in [0.1, 0.15) is 18.3 Å². The van der Waals surface area contributed by atoms with Gasteiger partial charge in [0.25, 0.3) is 5.69 Å². The maximum Gasteiger partial charge on any atom is 0.344 e. The summed E-state index contributed by atoms with van der Waals surface area (Å²) in [7, 11) is 1.41. The zero-order chi connectivity index (χ0) is 8.27. The van der Waals surface area contributed by atoms with Crippen molar-refractivity contribution in [2.75, 3.05) is 7.11 Å². The van der Waals surface area contributed by atoms with Gasteiger partial charge in [0.05, 0.1) is 0 Å². The number of aryl methyl sites for hydroxylation is 1. The van der Waals surface area contributed by atoms with E-state index in [1.807, 2.05) is 13.0 Å². The van der Waals surface area contributed by atoms with Crippen LogP contribution in [0.5, 0.6) is 0 Å². The van der Waals surface area contributed by atoms with Gasteiger partial charge in [-0.1, -0.05) is 6.92 Å². The highest BCUT2D eigenvalue weighted by molar-refractivity contribution is 5.18. The molecule has 0 aliphatic rings. The van der Waals surface area contributed by atoms with Crippen molar-refractivity contribution >= 4 is 0 Å². The second-order valence-corrected chi connectivity index (χ2v) is 1.87. The molecule has 0 bridgehead atoms. The molecule has 11 heavy (non-hydrogen) atoms. The summed E-state index contributed by atoms with van der Waals surface area (Å²) in [6, 6.07) is 1.93. The summed E-state index contributed by atoms with van der Waals surface area (Å²) < 4.78 is 4.65. The maximum atomic E-state index is 8.60. The summed E-state index contributed by atoms with van der Waals surface area (Å²) in [5.41, 5.74) is 0.921. The summed E-state index contributed by atoms with van der Waals surface area (Å²) in [4.78, 5) is 5.67. The molecule has 0 radical (unpaired) electrons. The zero-order valence-corrected chi connectivity index (χ0v) is 6.37. The molecule has 0 aliphatic carbocycles. The van der Waals surface area contributed by atoms with Gasteiger partial charge in [-0.05, 0) is 4.63 Å². The average Bonchev–Trinajstić information content (AvgIpc) is 2.45. The Morgan fingerprint density at radius 1 is 1.82 bits per heavy atom. The molecule has 0 spiro atoms. The predicted octanol–water partition coefficient (Wildman–Crippen LogP) is -0.545. The number of nitrogens with zero attached hydrogens (tertiary/aromatic N) is 3. The lowest BCUT2D eigenvalue weighted by Crippen LogP contribution is -2.41. The molecule has 1 heterocycles. The number of hydrogen-bond donors (Lipinski definition) is 0. The molecule has 0 atom stereocenters.